The van der Waals surface area contributed by atoms with Crippen molar-refractivity contribution in [3.63, 3.8) is 0 Å². The van der Waals surface area contributed by atoms with E-state index >= 15 is 0 Å². The monoisotopic (exact) mass is 346 g/mol. The minimum absolute atomic E-state index is 0.0972. The van der Waals surface area contributed by atoms with E-state index in [-0.39, 0.29) is 11.7 Å². The van der Waals surface area contributed by atoms with Gasteiger partial charge in [-0.05, 0) is 42.3 Å². The number of benzene rings is 2. The first-order valence-corrected chi connectivity index (χ1v) is 8.43. The summed E-state index contributed by atoms with van der Waals surface area (Å²) in [5.74, 6) is -0.428. The Balaban J connectivity index is 1.57. The van der Waals surface area contributed by atoms with E-state index in [0.717, 1.165) is 24.7 Å². The van der Waals surface area contributed by atoms with Crippen molar-refractivity contribution >= 4 is 17.5 Å². The van der Waals surface area contributed by atoms with Crippen molar-refractivity contribution in [1.82, 2.24) is 9.80 Å². The van der Waals surface area contributed by atoms with Crippen LogP contribution in [0, 0.1) is 12.7 Å². The van der Waals surface area contributed by atoms with Crippen LogP contribution in [0.2, 0.25) is 5.02 Å². The first kappa shape index (κ1) is 16.9. The molecular formula is C19H20ClFN2O. The van der Waals surface area contributed by atoms with Crippen molar-refractivity contribution in [1.29, 1.82) is 0 Å². The molecule has 3 rings (SSSR count). The molecule has 0 aliphatic carbocycles. The molecule has 0 unspecified atom stereocenters. The molecule has 1 fully saturated rings. The Bertz CT molecular complexity index is 725. The van der Waals surface area contributed by atoms with Gasteiger partial charge in [-0.2, -0.15) is 0 Å². The SMILES string of the molecule is Cc1ccc(C(=O)N2CCN(Cc3ccc(Cl)cc3)CC2)cc1F. The summed E-state index contributed by atoms with van der Waals surface area (Å²) in [7, 11) is 0. The Morgan fingerprint density at radius 1 is 1.08 bits per heavy atom. The first-order chi connectivity index (χ1) is 11.5. The molecule has 24 heavy (non-hydrogen) atoms. The minimum atomic E-state index is -0.331. The quantitative estimate of drug-likeness (QED) is 0.845. The molecule has 2 aromatic carbocycles. The lowest BCUT2D eigenvalue weighted by atomic mass is 10.1. The van der Waals surface area contributed by atoms with Gasteiger partial charge in [-0.3, -0.25) is 9.69 Å². The topological polar surface area (TPSA) is 23.6 Å². The summed E-state index contributed by atoms with van der Waals surface area (Å²) in [6, 6.07) is 12.5. The Morgan fingerprint density at radius 3 is 2.38 bits per heavy atom. The molecule has 1 amide bonds. The lowest BCUT2D eigenvalue weighted by molar-refractivity contribution is 0.0628. The molecular weight excluding hydrogens is 327 g/mol. The molecule has 0 N–H and O–H groups in total. The van der Waals surface area contributed by atoms with Crippen LogP contribution in [0.1, 0.15) is 21.5 Å². The molecule has 0 spiro atoms. The van der Waals surface area contributed by atoms with Crippen LogP contribution in [0.15, 0.2) is 42.5 Å². The second kappa shape index (κ2) is 7.32. The summed E-state index contributed by atoms with van der Waals surface area (Å²) in [5, 5.41) is 0.736. The van der Waals surface area contributed by atoms with Gasteiger partial charge in [0.25, 0.3) is 5.91 Å². The molecule has 1 saturated heterocycles. The van der Waals surface area contributed by atoms with E-state index in [4.69, 9.17) is 11.6 Å². The fourth-order valence-corrected chi connectivity index (χ4v) is 2.99. The average molecular weight is 347 g/mol. The lowest BCUT2D eigenvalue weighted by Gasteiger charge is -2.34. The van der Waals surface area contributed by atoms with Crippen LogP contribution in [0.25, 0.3) is 0 Å². The van der Waals surface area contributed by atoms with Crippen molar-refractivity contribution in [2.75, 3.05) is 26.2 Å². The maximum Gasteiger partial charge on any atom is 0.254 e. The van der Waals surface area contributed by atoms with Gasteiger partial charge in [0.15, 0.2) is 0 Å². The van der Waals surface area contributed by atoms with Crippen molar-refractivity contribution in [2.45, 2.75) is 13.5 Å². The van der Waals surface area contributed by atoms with E-state index in [0.29, 0.717) is 24.2 Å². The Labute approximate surface area is 146 Å². The number of nitrogens with zero attached hydrogens (tertiary/aromatic N) is 2. The molecule has 0 aromatic heterocycles. The number of halogens is 2. The summed E-state index contributed by atoms with van der Waals surface area (Å²) < 4.78 is 13.7. The second-order valence-electron chi connectivity index (χ2n) is 6.16. The zero-order valence-electron chi connectivity index (χ0n) is 13.6. The third-order valence-corrected chi connectivity index (χ3v) is 4.65. The number of hydrogen-bond acceptors (Lipinski definition) is 2. The normalized spacial score (nSPS) is 15.5. The van der Waals surface area contributed by atoms with Crippen LogP contribution >= 0.6 is 11.6 Å². The Hall–Kier alpha value is -1.91. The summed E-state index contributed by atoms with van der Waals surface area (Å²) in [5.41, 5.74) is 2.18. The van der Waals surface area contributed by atoms with Gasteiger partial charge >= 0.3 is 0 Å². The third kappa shape index (κ3) is 3.94. The molecule has 1 aliphatic rings. The molecule has 0 radical (unpaired) electrons. The van der Waals surface area contributed by atoms with Gasteiger partial charge in [0.1, 0.15) is 5.82 Å². The maximum atomic E-state index is 13.7. The highest BCUT2D eigenvalue weighted by molar-refractivity contribution is 6.30. The highest BCUT2D eigenvalue weighted by atomic mass is 35.5. The fraction of sp³-hybridized carbons (Fsp3) is 0.316. The summed E-state index contributed by atoms with van der Waals surface area (Å²) in [6.45, 7) is 5.47. The number of carbonyl (C=O) groups excluding carboxylic acids is 1. The van der Waals surface area contributed by atoms with Gasteiger partial charge in [-0.1, -0.05) is 29.8 Å². The van der Waals surface area contributed by atoms with Crippen molar-refractivity contribution < 1.29 is 9.18 Å². The average Bonchev–Trinajstić information content (AvgIpc) is 2.59. The first-order valence-electron chi connectivity index (χ1n) is 8.05. The minimum Gasteiger partial charge on any atom is -0.336 e. The number of amides is 1. The standard InChI is InChI=1S/C19H20ClFN2O/c1-14-2-5-16(12-18(14)21)19(24)23-10-8-22(9-11-23)13-15-3-6-17(20)7-4-15/h2-7,12H,8-11,13H2,1H3. The van der Waals surface area contributed by atoms with Crippen molar-refractivity contribution in [3.05, 3.63) is 70.0 Å². The number of aryl methyl sites for hydroxylation is 1. The van der Waals surface area contributed by atoms with Gasteiger partial charge in [0.05, 0.1) is 0 Å². The molecule has 3 nitrogen and oxygen atoms in total. The van der Waals surface area contributed by atoms with Crippen LogP contribution in [0.5, 0.6) is 0 Å². The molecule has 2 aromatic rings. The lowest BCUT2D eigenvalue weighted by Crippen LogP contribution is -2.48. The van der Waals surface area contributed by atoms with Crippen LogP contribution in [-0.2, 0) is 6.54 Å². The molecule has 0 atom stereocenters. The van der Waals surface area contributed by atoms with Crippen LogP contribution in [-0.4, -0.2) is 41.9 Å². The molecule has 126 valence electrons. The largest absolute Gasteiger partial charge is 0.336 e. The smallest absolute Gasteiger partial charge is 0.254 e. The van der Waals surface area contributed by atoms with E-state index in [1.807, 2.05) is 24.3 Å². The predicted molar refractivity (Wildman–Crippen MR) is 93.8 cm³/mol. The van der Waals surface area contributed by atoms with Gasteiger partial charge in [-0.25, -0.2) is 4.39 Å². The number of rotatable bonds is 3. The van der Waals surface area contributed by atoms with E-state index in [1.54, 1.807) is 24.0 Å². The molecule has 0 bridgehead atoms. The zero-order chi connectivity index (χ0) is 17.1. The highest BCUT2D eigenvalue weighted by Gasteiger charge is 2.22. The zero-order valence-corrected chi connectivity index (χ0v) is 14.4. The number of hydrogen-bond donors (Lipinski definition) is 0. The molecule has 1 aliphatic heterocycles. The fourth-order valence-electron chi connectivity index (χ4n) is 2.87. The van der Waals surface area contributed by atoms with E-state index in [1.165, 1.54) is 11.6 Å². The maximum absolute atomic E-state index is 13.7. The molecule has 5 heteroatoms. The summed E-state index contributed by atoms with van der Waals surface area (Å²) >= 11 is 5.90. The van der Waals surface area contributed by atoms with Crippen LogP contribution in [0.4, 0.5) is 4.39 Å². The van der Waals surface area contributed by atoms with Crippen molar-refractivity contribution in [2.24, 2.45) is 0 Å². The van der Waals surface area contributed by atoms with Gasteiger partial charge in [-0.15, -0.1) is 0 Å². The number of carbonyl (C=O) groups is 1. The molecule has 1 heterocycles. The highest BCUT2D eigenvalue weighted by Crippen LogP contribution is 2.15. The molecule has 0 saturated carbocycles. The van der Waals surface area contributed by atoms with Gasteiger partial charge in [0.2, 0.25) is 0 Å². The Kier molecular flexibility index (Phi) is 5.17. The van der Waals surface area contributed by atoms with Gasteiger partial charge in [0, 0.05) is 43.3 Å². The second-order valence-corrected chi connectivity index (χ2v) is 6.60. The summed E-state index contributed by atoms with van der Waals surface area (Å²) in [4.78, 5) is 16.6. The predicted octanol–water partition coefficient (Wildman–Crippen LogP) is 3.75. The summed E-state index contributed by atoms with van der Waals surface area (Å²) in [6.07, 6.45) is 0. The third-order valence-electron chi connectivity index (χ3n) is 4.40. The van der Waals surface area contributed by atoms with E-state index in [2.05, 4.69) is 4.90 Å². The van der Waals surface area contributed by atoms with E-state index < -0.39 is 0 Å². The van der Waals surface area contributed by atoms with Gasteiger partial charge < -0.3 is 4.90 Å². The van der Waals surface area contributed by atoms with Crippen LogP contribution in [0.3, 0.4) is 0 Å². The van der Waals surface area contributed by atoms with Crippen LogP contribution < -0.4 is 0 Å². The van der Waals surface area contributed by atoms with Crippen molar-refractivity contribution in [3.8, 4) is 0 Å². The Morgan fingerprint density at radius 2 is 1.75 bits per heavy atom. The van der Waals surface area contributed by atoms with E-state index in [9.17, 15) is 9.18 Å². The number of piperazine rings is 1.